The van der Waals surface area contributed by atoms with Crippen molar-refractivity contribution in [3.05, 3.63) is 86.9 Å². The first-order valence-corrected chi connectivity index (χ1v) is 13.0. The highest BCUT2D eigenvalue weighted by atomic mass is 35.5. The molecule has 0 fully saturated rings. The average Bonchev–Trinajstić information content (AvgIpc) is 2.85. The van der Waals surface area contributed by atoms with E-state index in [9.17, 15) is 13.2 Å². The van der Waals surface area contributed by atoms with E-state index in [4.69, 9.17) is 44.3 Å². The number of methoxy groups -OCH3 is 2. The quantitative estimate of drug-likeness (QED) is 0.273. The van der Waals surface area contributed by atoms with Gasteiger partial charge >= 0.3 is 0 Å². The molecule has 0 aliphatic heterocycles. The van der Waals surface area contributed by atoms with E-state index in [1.54, 1.807) is 30.3 Å². The summed E-state index contributed by atoms with van der Waals surface area (Å²) in [6.45, 7) is -0.710. The second-order valence-corrected chi connectivity index (χ2v) is 10.6. The number of nitrogens with one attached hydrogen (secondary N) is 1. The number of para-hydroxylation sites is 1. The fourth-order valence-corrected chi connectivity index (χ4v) is 5.17. The van der Waals surface area contributed by atoms with Crippen molar-refractivity contribution in [2.45, 2.75) is 11.4 Å². The number of nitrogens with zero attached hydrogens (tertiary/aromatic N) is 2. The summed E-state index contributed by atoms with van der Waals surface area (Å²) in [4.78, 5) is 12.7. The van der Waals surface area contributed by atoms with Gasteiger partial charge in [-0.3, -0.25) is 4.79 Å². The normalized spacial score (nSPS) is 11.6. The molecule has 0 spiro atoms. The third-order valence-electron chi connectivity index (χ3n) is 4.96. The van der Waals surface area contributed by atoms with E-state index in [2.05, 4.69) is 10.5 Å². The van der Waals surface area contributed by atoms with Gasteiger partial charge in [0.25, 0.3) is 5.91 Å². The van der Waals surface area contributed by atoms with Gasteiger partial charge in [-0.1, -0.05) is 46.9 Å². The maximum atomic E-state index is 13.4. The van der Waals surface area contributed by atoms with E-state index >= 15 is 0 Å². The van der Waals surface area contributed by atoms with Crippen LogP contribution >= 0.6 is 34.8 Å². The first kappa shape index (κ1) is 27.8. The fourth-order valence-electron chi connectivity index (χ4n) is 3.20. The number of rotatable bonds is 10. The average molecular weight is 571 g/mol. The van der Waals surface area contributed by atoms with E-state index in [0.717, 1.165) is 4.31 Å². The van der Waals surface area contributed by atoms with Crippen LogP contribution in [0.1, 0.15) is 11.1 Å². The zero-order valence-electron chi connectivity index (χ0n) is 19.2. The lowest BCUT2D eigenvalue weighted by molar-refractivity contribution is -0.121. The predicted molar refractivity (Wildman–Crippen MR) is 141 cm³/mol. The van der Waals surface area contributed by atoms with Crippen molar-refractivity contribution in [1.29, 1.82) is 0 Å². The second-order valence-electron chi connectivity index (χ2n) is 7.34. The van der Waals surface area contributed by atoms with Crippen LogP contribution in [0.25, 0.3) is 0 Å². The molecule has 3 aromatic carbocycles. The van der Waals surface area contributed by atoms with Crippen molar-refractivity contribution in [3.63, 3.8) is 0 Å². The molecule has 0 radical (unpaired) electrons. The second kappa shape index (κ2) is 12.4. The molecule has 0 aliphatic carbocycles. The van der Waals surface area contributed by atoms with Crippen LogP contribution in [0.5, 0.6) is 11.5 Å². The van der Waals surface area contributed by atoms with Gasteiger partial charge in [0.05, 0.1) is 31.9 Å². The Morgan fingerprint density at radius 2 is 1.69 bits per heavy atom. The standard InChI is InChI=1S/C24H22Cl3N3O5S/c1-34-22-5-3-4-16(24(22)35-2)13-28-29-23(31)15-30(14-17-6-7-19(26)12-21(17)27)36(32,33)20-10-8-18(25)9-11-20/h3-13H,14-15H2,1-2H3,(H,29,31)/b28-13-. The van der Waals surface area contributed by atoms with Crippen molar-refractivity contribution in [1.82, 2.24) is 9.73 Å². The lowest BCUT2D eigenvalue weighted by atomic mass is 10.2. The van der Waals surface area contributed by atoms with Crippen molar-refractivity contribution in [3.8, 4) is 11.5 Å². The number of carbonyl (C=O) groups is 1. The monoisotopic (exact) mass is 569 g/mol. The maximum Gasteiger partial charge on any atom is 0.255 e. The number of halogens is 3. The van der Waals surface area contributed by atoms with Gasteiger partial charge in [-0.15, -0.1) is 0 Å². The molecule has 0 unspecified atom stereocenters. The minimum Gasteiger partial charge on any atom is -0.493 e. The van der Waals surface area contributed by atoms with Gasteiger partial charge in [0.15, 0.2) is 11.5 Å². The highest BCUT2D eigenvalue weighted by Crippen LogP contribution is 2.29. The Hall–Kier alpha value is -2.82. The van der Waals surface area contributed by atoms with Crippen molar-refractivity contribution in [2.24, 2.45) is 5.10 Å². The van der Waals surface area contributed by atoms with Crippen LogP contribution in [0.3, 0.4) is 0 Å². The van der Waals surface area contributed by atoms with Crippen molar-refractivity contribution >= 4 is 56.9 Å². The van der Waals surface area contributed by atoms with Crippen LogP contribution < -0.4 is 14.9 Å². The Balaban J connectivity index is 1.84. The minimum atomic E-state index is -4.10. The molecule has 1 amide bonds. The Bertz CT molecular complexity index is 1370. The van der Waals surface area contributed by atoms with Crippen molar-refractivity contribution < 1.29 is 22.7 Å². The Morgan fingerprint density at radius 3 is 2.33 bits per heavy atom. The van der Waals surface area contributed by atoms with Gasteiger partial charge in [0.2, 0.25) is 10.0 Å². The molecule has 12 heteroatoms. The first-order chi connectivity index (χ1) is 17.1. The van der Waals surface area contributed by atoms with Gasteiger partial charge in [-0.2, -0.15) is 9.41 Å². The summed E-state index contributed by atoms with van der Waals surface area (Å²) in [6, 6.07) is 15.5. The van der Waals surface area contributed by atoms with Crippen LogP contribution in [-0.2, 0) is 21.4 Å². The maximum absolute atomic E-state index is 13.4. The number of amides is 1. The molecule has 190 valence electrons. The fraction of sp³-hybridized carbons (Fsp3) is 0.167. The topological polar surface area (TPSA) is 97.3 Å². The molecule has 3 aromatic rings. The zero-order valence-corrected chi connectivity index (χ0v) is 22.3. The Kier molecular flexibility index (Phi) is 9.58. The molecule has 0 saturated carbocycles. The van der Waals surface area contributed by atoms with E-state index in [-0.39, 0.29) is 16.5 Å². The van der Waals surface area contributed by atoms with Crippen LogP contribution in [-0.4, -0.2) is 45.6 Å². The van der Waals surface area contributed by atoms with E-state index in [1.807, 2.05) is 0 Å². The highest BCUT2D eigenvalue weighted by Gasteiger charge is 2.27. The summed E-state index contributed by atoms with van der Waals surface area (Å²) in [7, 11) is -1.12. The molecule has 0 saturated heterocycles. The highest BCUT2D eigenvalue weighted by molar-refractivity contribution is 7.89. The van der Waals surface area contributed by atoms with Gasteiger partial charge in [0, 0.05) is 27.2 Å². The summed E-state index contributed by atoms with van der Waals surface area (Å²) >= 11 is 18.1. The molecule has 3 rings (SSSR count). The zero-order chi connectivity index (χ0) is 26.3. The number of carbonyl (C=O) groups excluding carboxylic acids is 1. The number of hydrogen-bond donors (Lipinski definition) is 1. The molecular weight excluding hydrogens is 549 g/mol. The predicted octanol–water partition coefficient (Wildman–Crippen LogP) is 5.01. The van der Waals surface area contributed by atoms with Gasteiger partial charge in [0.1, 0.15) is 0 Å². The van der Waals surface area contributed by atoms with Gasteiger partial charge < -0.3 is 9.47 Å². The summed E-state index contributed by atoms with van der Waals surface area (Å²) in [6.07, 6.45) is 1.37. The van der Waals surface area contributed by atoms with Gasteiger partial charge in [-0.25, -0.2) is 13.8 Å². The summed E-state index contributed by atoms with van der Waals surface area (Å²) in [5.74, 6) is 0.255. The van der Waals surface area contributed by atoms with Crippen LogP contribution in [0.4, 0.5) is 0 Å². The molecule has 0 aliphatic rings. The number of benzene rings is 3. The lowest BCUT2D eigenvalue weighted by Gasteiger charge is -2.22. The molecule has 1 N–H and O–H groups in total. The third-order valence-corrected chi connectivity index (χ3v) is 7.60. The largest absolute Gasteiger partial charge is 0.493 e. The molecule has 0 heterocycles. The van der Waals surface area contributed by atoms with Gasteiger partial charge in [-0.05, 0) is 54.1 Å². The molecule has 0 bridgehead atoms. The smallest absolute Gasteiger partial charge is 0.255 e. The van der Waals surface area contributed by atoms with E-state index in [1.165, 1.54) is 50.8 Å². The Morgan fingerprint density at radius 1 is 1.00 bits per heavy atom. The molecule has 8 nitrogen and oxygen atoms in total. The van der Waals surface area contributed by atoms with Crippen molar-refractivity contribution in [2.75, 3.05) is 20.8 Å². The SMILES string of the molecule is COc1cccc(/C=N\NC(=O)CN(Cc2ccc(Cl)cc2Cl)S(=O)(=O)c2ccc(Cl)cc2)c1OC. The van der Waals surface area contributed by atoms with Crippen LogP contribution in [0.2, 0.25) is 15.1 Å². The number of hydrogen-bond acceptors (Lipinski definition) is 6. The lowest BCUT2D eigenvalue weighted by Crippen LogP contribution is -2.39. The molecular formula is C24H22Cl3N3O5S. The summed E-state index contributed by atoms with van der Waals surface area (Å²) in [5, 5.41) is 4.98. The van der Waals surface area contributed by atoms with Crippen LogP contribution in [0.15, 0.2) is 70.7 Å². The van der Waals surface area contributed by atoms with E-state index < -0.39 is 22.5 Å². The molecule has 0 aromatic heterocycles. The first-order valence-electron chi connectivity index (χ1n) is 10.4. The molecule has 36 heavy (non-hydrogen) atoms. The Labute approximate surface area is 224 Å². The van der Waals surface area contributed by atoms with Crippen LogP contribution in [0, 0.1) is 0 Å². The number of hydrazone groups is 1. The number of sulfonamides is 1. The summed E-state index contributed by atoms with van der Waals surface area (Å²) in [5.41, 5.74) is 3.37. The number of ether oxygens (including phenoxy) is 2. The third kappa shape index (κ3) is 6.89. The summed E-state index contributed by atoms with van der Waals surface area (Å²) < 4.78 is 38.3. The molecule has 0 atom stereocenters. The van der Waals surface area contributed by atoms with E-state index in [0.29, 0.717) is 32.7 Å². The minimum absolute atomic E-state index is 0.0330.